The van der Waals surface area contributed by atoms with Crippen LogP contribution in [0.5, 0.6) is 5.75 Å². The minimum Gasteiger partial charge on any atom is -0.494 e. The highest BCUT2D eigenvalue weighted by Crippen LogP contribution is 2.32. The fraction of sp³-hybridized carbons (Fsp3) is 0.588. The molecule has 21 heavy (non-hydrogen) atoms. The van der Waals surface area contributed by atoms with Crippen LogP contribution in [0.2, 0.25) is 0 Å². The topological polar surface area (TPSA) is 47.6 Å². The summed E-state index contributed by atoms with van der Waals surface area (Å²) in [5.41, 5.74) is 2.79. The molecule has 1 aromatic rings. The van der Waals surface area contributed by atoms with Gasteiger partial charge in [-0.2, -0.15) is 0 Å². The van der Waals surface area contributed by atoms with Crippen LogP contribution in [0.3, 0.4) is 0 Å². The summed E-state index contributed by atoms with van der Waals surface area (Å²) >= 11 is 0. The number of nitrogens with one attached hydrogen (secondary N) is 1. The first kappa shape index (κ1) is 15.8. The first-order valence-electron chi connectivity index (χ1n) is 7.80. The van der Waals surface area contributed by atoms with Crippen LogP contribution in [-0.4, -0.2) is 26.2 Å². The second kappa shape index (κ2) is 8.03. The smallest absolute Gasteiger partial charge is 0.305 e. The molecule has 1 aliphatic rings. The molecule has 0 spiro atoms. The van der Waals surface area contributed by atoms with Gasteiger partial charge in [0, 0.05) is 12.5 Å². The summed E-state index contributed by atoms with van der Waals surface area (Å²) < 4.78 is 10.4. The lowest BCUT2D eigenvalue weighted by Gasteiger charge is -2.26. The Balaban J connectivity index is 1.93. The molecule has 116 valence electrons. The number of fused-ring (bicyclic) bond motifs is 1. The minimum atomic E-state index is -0.184. The van der Waals surface area contributed by atoms with Crippen molar-refractivity contribution in [3.8, 4) is 5.75 Å². The monoisotopic (exact) mass is 291 g/mol. The molecule has 0 bridgehead atoms. The van der Waals surface area contributed by atoms with E-state index in [4.69, 9.17) is 4.74 Å². The van der Waals surface area contributed by atoms with Gasteiger partial charge in [0.05, 0.1) is 13.7 Å². The van der Waals surface area contributed by atoms with Crippen LogP contribution < -0.4 is 10.1 Å². The third-order valence-electron chi connectivity index (χ3n) is 3.90. The van der Waals surface area contributed by atoms with Crippen molar-refractivity contribution >= 4 is 5.97 Å². The maximum atomic E-state index is 11.0. The van der Waals surface area contributed by atoms with E-state index in [9.17, 15) is 4.79 Å². The number of ether oxygens (including phenoxy) is 2. The third-order valence-corrected chi connectivity index (χ3v) is 3.90. The molecule has 1 unspecified atom stereocenters. The van der Waals surface area contributed by atoms with Crippen molar-refractivity contribution in [3.05, 3.63) is 29.3 Å². The van der Waals surface area contributed by atoms with Gasteiger partial charge in [0.25, 0.3) is 0 Å². The Labute approximate surface area is 126 Å². The fourth-order valence-corrected chi connectivity index (χ4v) is 2.83. The van der Waals surface area contributed by atoms with E-state index in [1.165, 1.54) is 31.1 Å². The van der Waals surface area contributed by atoms with E-state index in [-0.39, 0.29) is 5.97 Å². The Morgan fingerprint density at radius 1 is 1.43 bits per heavy atom. The molecule has 0 fully saturated rings. The van der Waals surface area contributed by atoms with Crippen molar-refractivity contribution in [2.45, 2.75) is 45.1 Å². The number of hydrogen-bond donors (Lipinski definition) is 1. The van der Waals surface area contributed by atoms with Gasteiger partial charge < -0.3 is 14.8 Å². The van der Waals surface area contributed by atoms with Gasteiger partial charge in [-0.3, -0.25) is 4.79 Å². The van der Waals surface area contributed by atoms with Crippen LogP contribution >= 0.6 is 0 Å². The number of carbonyl (C=O) groups is 1. The van der Waals surface area contributed by atoms with Crippen molar-refractivity contribution in [1.82, 2.24) is 5.32 Å². The van der Waals surface area contributed by atoms with Crippen LogP contribution in [0.25, 0.3) is 0 Å². The predicted octanol–water partition coefficient (Wildman–Crippen LogP) is 3.01. The van der Waals surface area contributed by atoms with Gasteiger partial charge in [-0.1, -0.05) is 13.0 Å². The zero-order valence-electron chi connectivity index (χ0n) is 13.0. The minimum absolute atomic E-state index is 0.184. The molecule has 0 amide bonds. The highest BCUT2D eigenvalue weighted by atomic mass is 16.5. The van der Waals surface area contributed by atoms with Gasteiger partial charge >= 0.3 is 5.97 Å². The molecule has 0 heterocycles. The second-order valence-corrected chi connectivity index (χ2v) is 5.39. The number of carbonyl (C=O) groups excluding carboxylic acids is 1. The van der Waals surface area contributed by atoms with Gasteiger partial charge in [-0.25, -0.2) is 0 Å². The highest BCUT2D eigenvalue weighted by molar-refractivity contribution is 5.69. The van der Waals surface area contributed by atoms with Gasteiger partial charge in [0.2, 0.25) is 0 Å². The van der Waals surface area contributed by atoms with E-state index in [1.807, 2.05) is 6.07 Å². The number of rotatable bonds is 7. The van der Waals surface area contributed by atoms with Crippen LogP contribution in [-0.2, 0) is 16.0 Å². The predicted molar refractivity (Wildman–Crippen MR) is 82.5 cm³/mol. The Morgan fingerprint density at radius 2 is 2.29 bits per heavy atom. The fourth-order valence-electron chi connectivity index (χ4n) is 2.83. The Hall–Kier alpha value is -1.55. The summed E-state index contributed by atoms with van der Waals surface area (Å²) in [6.07, 6.45) is 4.67. The van der Waals surface area contributed by atoms with Crippen LogP contribution in [0, 0.1) is 0 Å². The summed E-state index contributed by atoms with van der Waals surface area (Å²) in [5.74, 6) is 0.708. The van der Waals surface area contributed by atoms with Crippen LogP contribution in [0.1, 0.15) is 49.8 Å². The quantitative estimate of drug-likeness (QED) is 0.619. The second-order valence-electron chi connectivity index (χ2n) is 5.39. The zero-order chi connectivity index (χ0) is 15.1. The number of aryl methyl sites for hydroxylation is 1. The molecule has 0 radical (unpaired) electrons. The van der Waals surface area contributed by atoms with E-state index in [1.54, 1.807) is 0 Å². The van der Waals surface area contributed by atoms with Crippen molar-refractivity contribution < 1.29 is 14.3 Å². The molecule has 2 rings (SSSR count). The molecular weight excluding hydrogens is 266 g/mol. The van der Waals surface area contributed by atoms with E-state index >= 15 is 0 Å². The third kappa shape index (κ3) is 4.46. The molecule has 0 saturated carbocycles. The van der Waals surface area contributed by atoms with Crippen LogP contribution in [0.15, 0.2) is 18.2 Å². The van der Waals surface area contributed by atoms with Crippen molar-refractivity contribution in [2.75, 3.05) is 20.3 Å². The normalized spacial score (nSPS) is 17.1. The molecule has 0 aliphatic heterocycles. The first-order valence-corrected chi connectivity index (χ1v) is 7.80. The van der Waals surface area contributed by atoms with Gasteiger partial charge in [0.1, 0.15) is 5.75 Å². The summed E-state index contributed by atoms with van der Waals surface area (Å²) in [6.45, 7) is 3.66. The molecule has 0 aromatic heterocycles. The number of esters is 1. The molecule has 1 aromatic carbocycles. The van der Waals surface area contributed by atoms with Crippen molar-refractivity contribution in [3.63, 3.8) is 0 Å². The standard InChI is InChI=1S/C17H25NO3/c1-3-18-16-7-4-6-13-9-10-14(12-15(13)16)21-11-5-8-17(19)20-2/h9-10,12,16,18H,3-8,11H2,1-2H3. The number of methoxy groups -OCH3 is 1. The summed E-state index contributed by atoms with van der Waals surface area (Å²) in [7, 11) is 1.41. The van der Waals surface area contributed by atoms with Gasteiger partial charge in [-0.05, 0) is 55.5 Å². The van der Waals surface area contributed by atoms with E-state index in [0.717, 1.165) is 18.7 Å². The average Bonchev–Trinajstić information content (AvgIpc) is 2.52. The molecule has 4 heteroatoms. The number of hydrogen-bond acceptors (Lipinski definition) is 4. The summed E-state index contributed by atoms with van der Waals surface area (Å²) in [4.78, 5) is 11.0. The molecule has 4 nitrogen and oxygen atoms in total. The van der Waals surface area contributed by atoms with E-state index in [0.29, 0.717) is 25.5 Å². The van der Waals surface area contributed by atoms with Crippen LogP contribution in [0.4, 0.5) is 0 Å². The molecule has 1 atom stereocenters. The Bertz CT molecular complexity index is 473. The maximum absolute atomic E-state index is 11.0. The van der Waals surface area contributed by atoms with E-state index < -0.39 is 0 Å². The lowest BCUT2D eigenvalue weighted by atomic mass is 9.87. The first-order chi connectivity index (χ1) is 10.2. The maximum Gasteiger partial charge on any atom is 0.305 e. The van der Waals surface area contributed by atoms with E-state index in [2.05, 4.69) is 29.1 Å². The number of benzene rings is 1. The van der Waals surface area contributed by atoms with Gasteiger partial charge in [0.15, 0.2) is 0 Å². The molecule has 0 saturated heterocycles. The lowest BCUT2D eigenvalue weighted by Crippen LogP contribution is -2.24. The lowest BCUT2D eigenvalue weighted by molar-refractivity contribution is -0.140. The largest absolute Gasteiger partial charge is 0.494 e. The zero-order valence-corrected chi connectivity index (χ0v) is 13.0. The molecule has 1 N–H and O–H groups in total. The Morgan fingerprint density at radius 3 is 3.05 bits per heavy atom. The summed E-state index contributed by atoms with van der Waals surface area (Å²) in [5, 5.41) is 3.54. The highest BCUT2D eigenvalue weighted by Gasteiger charge is 2.19. The molecular formula is C17H25NO3. The SMILES string of the molecule is CCNC1CCCc2ccc(OCCCC(=O)OC)cc21. The Kier molecular flexibility index (Phi) is 6.05. The van der Waals surface area contributed by atoms with Crippen molar-refractivity contribution in [2.24, 2.45) is 0 Å². The van der Waals surface area contributed by atoms with Crippen molar-refractivity contribution in [1.29, 1.82) is 0 Å². The molecule has 1 aliphatic carbocycles. The van der Waals surface area contributed by atoms with Gasteiger partial charge in [-0.15, -0.1) is 0 Å². The average molecular weight is 291 g/mol. The summed E-state index contributed by atoms with van der Waals surface area (Å²) in [6, 6.07) is 6.80.